The van der Waals surface area contributed by atoms with Crippen LogP contribution >= 0.6 is 11.3 Å². The smallest absolute Gasteiger partial charge is 0.243 e. The fraction of sp³-hybridized carbons (Fsp3) is 0.625. The van der Waals surface area contributed by atoms with Crippen LogP contribution in [0, 0.1) is 6.92 Å². The highest BCUT2D eigenvalue weighted by atomic mass is 32.1. The highest BCUT2D eigenvalue weighted by molar-refractivity contribution is 7.15. The predicted molar refractivity (Wildman–Crippen MR) is 56.2 cm³/mol. The molecule has 0 saturated heterocycles. The molecule has 0 aliphatic carbocycles. The highest BCUT2D eigenvalue weighted by Crippen LogP contribution is 2.13. The van der Waals surface area contributed by atoms with E-state index in [1.807, 2.05) is 13.8 Å². The molecule has 78 valence electrons. The normalized spacial score (nSPS) is 12.5. The van der Waals surface area contributed by atoms with Gasteiger partial charge in [-0.15, -0.1) is 10.2 Å². The summed E-state index contributed by atoms with van der Waals surface area (Å²) in [7, 11) is 0. The molecule has 0 unspecified atom stereocenters. The van der Waals surface area contributed by atoms with Crippen molar-refractivity contribution in [3.8, 4) is 0 Å². The largest absolute Gasteiger partial charge is 0.320 e. The van der Waals surface area contributed by atoms with Crippen LogP contribution in [-0.2, 0) is 4.79 Å². The lowest BCUT2D eigenvalue weighted by atomic mass is 10.2. The van der Waals surface area contributed by atoms with Gasteiger partial charge >= 0.3 is 0 Å². The lowest BCUT2D eigenvalue weighted by Crippen LogP contribution is -2.35. The maximum Gasteiger partial charge on any atom is 0.243 e. The Bertz CT molecular complexity index is 312. The van der Waals surface area contributed by atoms with E-state index in [4.69, 9.17) is 5.73 Å². The van der Waals surface area contributed by atoms with Gasteiger partial charge < -0.3 is 5.73 Å². The molecular weight excluding hydrogens is 200 g/mol. The van der Waals surface area contributed by atoms with Crippen LogP contribution in [0.4, 0.5) is 5.13 Å². The first-order chi connectivity index (χ1) is 6.63. The first-order valence-corrected chi connectivity index (χ1v) is 5.31. The second-order valence-electron chi connectivity index (χ2n) is 3.01. The van der Waals surface area contributed by atoms with Gasteiger partial charge in [0.15, 0.2) is 0 Å². The Balaban J connectivity index is 2.48. The van der Waals surface area contributed by atoms with Gasteiger partial charge in [0.25, 0.3) is 0 Å². The fourth-order valence-corrected chi connectivity index (χ4v) is 1.58. The van der Waals surface area contributed by atoms with Crippen LogP contribution < -0.4 is 11.1 Å². The van der Waals surface area contributed by atoms with E-state index >= 15 is 0 Å². The number of aromatic nitrogens is 2. The van der Waals surface area contributed by atoms with Gasteiger partial charge in [0.05, 0.1) is 6.04 Å². The zero-order valence-corrected chi connectivity index (χ0v) is 9.10. The molecule has 0 bridgehead atoms. The third kappa shape index (κ3) is 3.04. The molecule has 1 atom stereocenters. The molecule has 0 aliphatic rings. The number of rotatable bonds is 4. The van der Waals surface area contributed by atoms with Gasteiger partial charge in [0, 0.05) is 0 Å². The van der Waals surface area contributed by atoms with Crippen LogP contribution in [0.2, 0.25) is 0 Å². The van der Waals surface area contributed by atoms with Crippen LogP contribution in [0.25, 0.3) is 0 Å². The molecule has 1 heterocycles. The number of nitrogens with one attached hydrogen (secondary N) is 1. The minimum Gasteiger partial charge on any atom is -0.320 e. The van der Waals surface area contributed by atoms with E-state index in [-0.39, 0.29) is 5.91 Å². The monoisotopic (exact) mass is 214 g/mol. The van der Waals surface area contributed by atoms with Crippen molar-refractivity contribution in [1.29, 1.82) is 0 Å². The average molecular weight is 214 g/mol. The zero-order chi connectivity index (χ0) is 10.6. The van der Waals surface area contributed by atoms with Crippen LogP contribution in [0.15, 0.2) is 0 Å². The van der Waals surface area contributed by atoms with Gasteiger partial charge in [-0.3, -0.25) is 10.1 Å². The number of amides is 1. The van der Waals surface area contributed by atoms with Crippen molar-refractivity contribution in [1.82, 2.24) is 10.2 Å². The van der Waals surface area contributed by atoms with Gasteiger partial charge in [0.2, 0.25) is 11.0 Å². The Morgan fingerprint density at radius 1 is 1.64 bits per heavy atom. The first-order valence-electron chi connectivity index (χ1n) is 4.50. The topological polar surface area (TPSA) is 80.9 Å². The first kappa shape index (κ1) is 11.1. The zero-order valence-electron chi connectivity index (χ0n) is 8.28. The third-order valence-corrected chi connectivity index (χ3v) is 2.45. The number of hydrogen-bond acceptors (Lipinski definition) is 5. The van der Waals surface area contributed by atoms with Gasteiger partial charge in [-0.1, -0.05) is 24.7 Å². The molecule has 3 N–H and O–H groups in total. The summed E-state index contributed by atoms with van der Waals surface area (Å²) in [6.45, 7) is 3.82. The third-order valence-electron chi connectivity index (χ3n) is 1.69. The van der Waals surface area contributed by atoms with Crippen molar-refractivity contribution in [3.63, 3.8) is 0 Å². The predicted octanol–water partition coefficient (Wildman–Crippen LogP) is 0.912. The Morgan fingerprint density at radius 2 is 2.36 bits per heavy atom. The molecule has 1 amide bonds. The summed E-state index contributed by atoms with van der Waals surface area (Å²) in [6, 6.07) is -0.454. The van der Waals surface area contributed by atoms with Gasteiger partial charge in [0.1, 0.15) is 5.01 Å². The van der Waals surface area contributed by atoms with Crippen molar-refractivity contribution in [2.75, 3.05) is 5.32 Å². The minimum atomic E-state index is -0.454. The summed E-state index contributed by atoms with van der Waals surface area (Å²) in [5, 5.41) is 11.5. The van der Waals surface area contributed by atoms with E-state index in [0.29, 0.717) is 11.6 Å². The maximum atomic E-state index is 11.4. The van der Waals surface area contributed by atoms with Crippen molar-refractivity contribution in [3.05, 3.63) is 5.01 Å². The second-order valence-corrected chi connectivity index (χ2v) is 4.19. The number of hydrogen-bond donors (Lipinski definition) is 2. The molecule has 1 rings (SSSR count). The Labute approximate surface area is 86.7 Å². The molecule has 1 aromatic heterocycles. The highest BCUT2D eigenvalue weighted by Gasteiger charge is 2.13. The van der Waals surface area contributed by atoms with E-state index < -0.39 is 6.04 Å². The number of carbonyl (C=O) groups is 1. The molecule has 5 nitrogen and oxygen atoms in total. The van der Waals surface area contributed by atoms with Crippen molar-refractivity contribution in [2.24, 2.45) is 5.73 Å². The molecule has 0 aromatic carbocycles. The maximum absolute atomic E-state index is 11.4. The Kier molecular flexibility index (Phi) is 3.97. The summed E-state index contributed by atoms with van der Waals surface area (Å²) in [5.41, 5.74) is 5.63. The van der Waals surface area contributed by atoms with E-state index in [1.54, 1.807) is 0 Å². The minimum absolute atomic E-state index is 0.192. The van der Waals surface area contributed by atoms with Crippen molar-refractivity contribution >= 4 is 22.4 Å². The summed E-state index contributed by atoms with van der Waals surface area (Å²) < 4.78 is 0. The second kappa shape index (κ2) is 5.02. The summed E-state index contributed by atoms with van der Waals surface area (Å²) in [5.74, 6) is -0.192. The van der Waals surface area contributed by atoms with Crippen molar-refractivity contribution in [2.45, 2.75) is 32.7 Å². The summed E-state index contributed by atoms with van der Waals surface area (Å²) >= 11 is 1.34. The number of carbonyl (C=O) groups excluding carboxylic acids is 1. The summed E-state index contributed by atoms with van der Waals surface area (Å²) in [4.78, 5) is 11.4. The molecule has 14 heavy (non-hydrogen) atoms. The number of nitrogens with two attached hydrogens (primary N) is 1. The molecule has 0 saturated carbocycles. The molecule has 0 spiro atoms. The van der Waals surface area contributed by atoms with Gasteiger partial charge in [-0.2, -0.15) is 0 Å². The fourth-order valence-electron chi connectivity index (χ4n) is 0.987. The quantitative estimate of drug-likeness (QED) is 0.780. The van der Waals surface area contributed by atoms with Crippen LogP contribution in [0.3, 0.4) is 0 Å². The standard InChI is InChI=1S/C8H14N4OS/c1-3-4-6(9)7(13)10-8-12-11-5(2)14-8/h6H,3-4,9H2,1-2H3,(H,10,12,13)/t6-/m1/s1. The molecule has 6 heteroatoms. The van der Waals surface area contributed by atoms with E-state index in [9.17, 15) is 4.79 Å². The van der Waals surface area contributed by atoms with E-state index in [2.05, 4.69) is 15.5 Å². The lowest BCUT2D eigenvalue weighted by Gasteiger charge is -2.08. The SMILES string of the molecule is CCC[C@@H](N)C(=O)Nc1nnc(C)s1. The van der Waals surface area contributed by atoms with Crippen LogP contribution in [0.5, 0.6) is 0 Å². The van der Waals surface area contributed by atoms with Crippen molar-refractivity contribution < 1.29 is 4.79 Å². The number of nitrogens with zero attached hydrogens (tertiary/aromatic N) is 2. The van der Waals surface area contributed by atoms with Crippen LogP contribution in [0.1, 0.15) is 24.8 Å². The van der Waals surface area contributed by atoms with E-state index in [0.717, 1.165) is 11.4 Å². The van der Waals surface area contributed by atoms with Gasteiger partial charge in [-0.25, -0.2) is 0 Å². The Hall–Kier alpha value is -1.01. The van der Waals surface area contributed by atoms with Gasteiger partial charge in [-0.05, 0) is 13.3 Å². The molecule has 0 radical (unpaired) electrons. The van der Waals surface area contributed by atoms with E-state index in [1.165, 1.54) is 11.3 Å². The summed E-state index contributed by atoms with van der Waals surface area (Å²) in [6.07, 6.45) is 1.58. The molecule has 1 aromatic rings. The molecule has 0 aliphatic heterocycles. The van der Waals surface area contributed by atoms with Crippen LogP contribution in [-0.4, -0.2) is 22.1 Å². The Morgan fingerprint density at radius 3 is 2.86 bits per heavy atom. The number of anilines is 1. The lowest BCUT2D eigenvalue weighted by molar-refractivity contribution is -0.117. The number of aryl methyl sites for hydroxylation is 1. The average Bonchev–Trinajstić information content (AvgIpc) is 2.51. The molecular formula is C8H14N4OS. The molecule has 0 fully saturated rings.